The van der Waals surface area contributed by atoms with E-state index in [1.54, 1.807) is 0 Å². The summed E-state index contributed by atoms with van der Waals surface area (Å²) in [5, 5.41) is -0.0000926. The number of aldehydes is 1. The SMILES string of the molecule is O=CC1Cc2ccccc2CCC1Cl. The second-order valence-corrected chi connectivity index (χ2v) is 4.39. The Labute approximate surface area is 89.1 Å². The van der Waals surface area contributed by atoms with Gasteiger partial charge in [-0.15, -0.1) is 11.6 Å². The highest BCUT2D eigenvalue weighted by atomic mass is 35.5. The average molecular weight is 209 g/mol. The molecule has 1 nitrogen and oxygen atoms in total. The van der Waals surface area contributed by atoms with Crippen LogP contribution >= 0.6 is 11.6 Å². The van der Waals surface area contributed by atoms with Crippen molar-refractivity contribution < 1.29 is 4.79 Å². The summed E-state index contributed by atoms with van der Waals surface area (Å²) >= 11 is 6.15. The lowest BCUT2D eigenvalue weighted by Gasteiger charge is -2.11. The number of hydrogen-bond donors (Lipinski definition) is 0. The van der Waals surface area contributed by atoms with Crippen molar-refractivity contribution in [1.29, 1.82) is 0 Å². The van der Waals surface area contributed by atoms with Gasteiger partial charge in [0, 0.05) is 11.3 Å². The predicted molar refractivity (Wildman–Crippen MR) is 57.7 cm³/mol. The molecule has 0 bridgehead atoms. The molecule has 2 heteroatoms. The van der Waals surface area contributed by atoms with Gasteiger partial charge in [-0.05, 0) is 30.4 Å². The van der Waals surface area contributed by atoms with Crippen LogP contribution in [-0.2, 0) is 17.6 Å². The topological polar surface area (TPSA) is 17.1 Å². The lowest BCUT2D eigenvalue weighted by atomic mass is 9.98. The molecule has 1 aromatic rings. The van der Waals surface area contributed by atoms with Gasteiger partial charge in [0.05, 0.1) is 0 Å². The Morgan fingerprint density at radius 3 is 2.71 bits per heavy atom. The van der Waals surface area contributed by atoms with Crippen molar-refractivity contribution in [1.82, 2.24) is 0 Å². The van der Waals surface area contributed by atoms with Crippen molar-refractivity contribution in [3.05, 3.63) is 35.4 Å². The molecule has 74 valence electrons. The van der Waals surface area contributed by atoms with Gasteiger partial charge in [0.2, 0.25) is 0 Å². The Hall–Kier alpha value is -0.820. The van der Waals surface area contributed by atoms with E-state index >= 15 is 0 Å². The third-order valence-electron chi connectivity index (χ3n) is 2.90. The molecule has 0 heterocycles. The maximum atomic E-state index is 10.8. The largest absolute Gasteiger partial charge is 0.303 e. The molecule has 0 radical (unpaired) electrons. The number of rotatable bonds is 1. The molecule has 0 saturated carbocycles. The van der Waals surface area contributed by atoms with E-state index in [9.17, 15) is 4.79 Å². The minimum atomic E-state index is -0.0136. The van der Waals surface area contributed by atoms with E-state index in [0.29, 0.717) is 0 Å². The Morgan fingerprint density at radius 2 is 2.00 bits per heavy atom. The van der Waals surface area contributed by atoms with E-state index in [1.165, 1.54) is 11.1 Å². The van der Waals surface area contributed by atoms with Crippen LogP contribution in [0.4, 0.5) is 0 Å². The minimum Gasteiger partial charge on any atom is -0.303 e. The van der Waals surface area contributed by atoms with Crippen molar-refractivity contribution in [3.63, 3.8) is 0 Å². The summed E-state index contributed by atoms with van der Waals surface area (Å²) in [4.78, 5) is 10.8. The second kappa shape index (κ2) is 4.14. The van der Waals surface area contributed by atoms with Gasteiger partial charge in [-0.2, -0.15) is 0 Å². The van der Waals surface area contributed by atoms with Crippen LogP contribution < -0.4 is 0 Å². The van der Waals surface area contributed by atoms with Gasteiger partial charge < -0.3 is 4.79 Å². The molecule has 0 fully saturated rings. The van der Waals surface area contributed by atoms with E-state index in [1.807, 2.05) is 12.1 Å². The van der Waals surface area contributed by atoms with Crippen LogP contribution in [0.1, 0.15) is 17.5 Å². The van der Waals surface area contributed by atoms with Crippen LogP contribution in [0.3, 0.4) is 0 Å². The van der Waals surface area contributed by atoms with Gasteiger partial charge in [-0.1, -0.05) is 24.3 Å². The molecule has 0 saturated heterocycles. The van der Waals surface area contributed by atoms with Crippen LogP contribution in [0.25, 0.3) is 0 Å². The number of carbonyl (C=O) groups excluding carboxylic acids is 1. The Balaban J connectivity index is 2.30. The molecule has 0 aliphatic heterocycles. The Morgan fingerprint density at radius 1 is 1.29 bits per heavy atom. The first-order chi connectivity index (χ1) is 6.81. The van der Waals surface area contributed by atoms with E-state index in [-0.39, 0.29) is 11.3 Å². The number of carbonyl (C=O) groups is 1. The highest BCUT2D eigenvalue weighted by molar-refractivity contribution is 6.21. The van der Waals surface area contributed by atoms with Crippen molar-refractivity contribution in [2.45, 2.75) is 24.6 Å². The summed E-state index contributed by atoms with van der Waals surface area (Å²) in [6, 6.07) is 8.30. The van der Waals surface area contributed by atoms with Gasteiger partial charge >= 0.3 is 0 Å². The molecule has 0 N–H and O–H groups in total. The maximum Gasteiger partial charge on any atom is 0.124 e. The minimum absolute atomic E-state index is 0.0000926. The van der Waals surface area contributed by atoms with Crippen molar-refractivity contribution in [2.75, 3.05) is 0 Å². The first kappa shape index (κ1) is 9.72. The molecular weight excluding hydrogens is 196 g/mol. The normalized spacial score (nSPS) is 26.4. The lowest BCUT2D eigenvalue weighted by Crippen LogP contribution is -2.17. The Bertz CT molecular complexity index is 335. The highest BCUT2D eigenvalue weighted by Gasteiger charge is 2.23. The number of alkyl halides is 1. The monoisotopic (exact) mass is 208 g/mol. The summed E-state index contributed by atoms with van der Waals surface area (Å²) in [6.45, 7) is 0. The molecule has 1 aliphatic carbocycles. The fourth-order valence-corrected chi connectivity index (χ4v) is 2.28. The summed E-state index contributed by atoms with van der Waals surface area (Å²) in [6.07, 6.45) is 3.70. The smallest absolute Gasteiger partial charge is 0.124 e. The maximum absolute atomic E-state index is 10.8. The number of benzene rings is 1. The summed E-state index contributed by atoms with van der Waals surface area (Å²) in [5.74, 6) is -0.0136. The molecule has 0 spiro atoms. The molecule has 1 aromatic carbocycles. The molecule has 2 rings (SSSR count). The predicted octanol–water partition coefficient (Wildman–Crippen LogP) is 2.60. The van der Waals surface area contributed by atoms with Gasteiger partial charge in [0.15, 0.2) is 0 Å². The molecule has 1 aliphatic rings. The number of hydrogen-bond acceptors (Lipinski definition) is 1. The molecule has 2 atom stereocenters. The summed E-state index contributed by atoms with van der Waals surface area (Å²) < 4.78 is 0. The van der Waals surface area contributed by atoms with Crippen molar-refractivity contribution >= 4 is 17.9 Å². The van der Waals surface area contributed by atoms with E-state index in [4.69, 9.17) is 11.6 Å². The van der Waals surface area contributed by atoms with E-state index in [2.05, 4.69) is 12.1 Å². The van der Waals surface area contributed by atoms with Crippen LogP contribution in [0.5, 0.6) is 0 Å². The number of halogens is 1. The zero-order valence-corrected chi connectivity index (χ0v) is 8.70. The summed E-state index contributed by atoms with van der Waals surface area (Å²) in [5.41, 5.74) is 2.63. The molecule has 0 amide bonds. The zero-order valence-electron chi connectivity index (χ0n) is 7.95. The average Bonchev–Trinajstić information content (AvgIpc) is 2.38. The fourth-order valence-electron chi connectivity index (χ4n) is 2.02. The summed E-state index contributed by atoms with van der Waals surface area (Å²) in [7, 11) is 0. The first-order valence-corrected chi connectivity index (χ1v) is 5.41. The van der Waals surface area contributed by atoms with Crippen LogP contribution in [0, 0.1) is 5.92 Å². The van der Waals surface area contributed by atoms with Crippen LogP contribution in [0.2, 0.25) is 0 Å². The molecular formula is C12H13ClO. The van der Waals surface area contributed by atoms with E-state index < -0.39 is 0 Å². The number of aryl methyl sites for hydroxylation is 1. The van der Waals surface area contributed by atoms with E-state index in [0.717, 1.165) is 25.5 Å². The standard InChI is InChI=1S/C12H13ClO/c13-12-6-5-9-3-1-2-4-10(9)7-11(12)8-14/h1-4,8,11-12H,5-7H2. The zero-order chi connectivity index (χ0) is 9.97. The third kappa shape index (κ3) is 1.83. The molecule has 2 unspecified atom stereocenters. The van der Waals surface area contributed by atoms with Crippen LogP contribution in [0.15, 0.2) is 24.3 Å². The molecule has 0 aromatic heterocycles. The van der Waals surface area contributed by atoms with Gasteiger partial charge in [-0.3, -0.25) is 0 Å². The van der Waals surface area contributed by atoms with Gasteiger partial charge in [-0.25, -0.2) is 0 Å². The molecule has 14 heavy (non-hydrogen) atoms. The Kier molecular flexibility index (Phi) is 2.87. The number of fused-ring (bicyclic) bond motifs is 1. The quantitative estimate of drug-likeness (QED) is 0.394. The van der Waals surface area contributed by atoms with Gasteiger partial charge in [0.1, 0.15) is 6.29 Å². The second-order valence-electron chi connectivity index (χ2n) is 3.83. The van der Waals surface area contributed by atoms with Gasteiger partial charge in [0.25, 0.3) is 0 Å². The van der Waals surface area contributed by atoms with Crippen LogP contribution in [-0.4, -0.2) is 11.7 Å². The fraction of sp³-hybridized carbons (Fsp3) is 0.417. The first-order valence-electron chi connectivity index (χ1n) is 4.97. The van der Waals surface area contributed by atoms with Crippen molar-refractivity contribution in [3.8, 4) is 0 Å². The third-order valence-corrected chi connectivity index (χ3v) is 3.44. The highest BCUT2D eigenvalue weighted by Crippen LogP contribution is 2.26. The van der Waals surface area contributed by atoms with Crippen molar-refractivity contribution in [2.24, 2.45) is 5.92 Å². The lowest BCUT2D eigenvalue weighted by molar-refractivity contribution is -0.111.